The van der Waals surface area contributed by atoms with E-state index in [0.29, 0.717) is 36.8 Å². The number of benzene rings is 2. The lowest BCUT2D eigenvalue weighted by atomic mass is 9.91. The summed E-state index contributed by atoms with van der Waals surface area (Å²) in [7, 11) is 0. The zero-order valence-corrected chi connectivity index (χ0v) is 22.5. The molecule has 2 atom stereocenters. The van der Waals surface area contributed by atoms with Crippen molar-refractivity contribution in [3.05, 3.63) is 87.1 Å². The van der Waals surface area contributed by atoms with Crippen LogP contribution in [0, 0.1) is 6.92 Å². The predicted octanol–water partition coefficient (Wildman–Crippen LogP) is 3.98. The molecule has 9 nitrogen and oxygen atoms in total. The molecule has 0 spiro atoms. The number of nitrogens with zero attached hydrogens (tertiary/aromatic N) is 5. The van der Waals surface area contributed by atoms with Crippen LogP contribution in [0.1, 0.15) is 67.4 Å². The van der Waals surface area contributed by atoms with Crippen molar-refractivity contribution in [3.8, 4) is 11.1 Å². The summed E-state index contributed by atoms with van der Waals surface area (Å²) >= 11 is 0. The van der Waals surface area contributed by atoms with E-state index in [4.69, 9.17) is 9.84 Å². The molecule has 4 heterocycles. The van der Waals surface area contributed by atoms with E-state index >= 15 is 0 Å². The van der Waals surface area contributed by atoms with Crippen LogP contribution in [0.2, 0.25) is 0 Å². The number of hydrogen-bond donors (Lipinski definition) is 1. The number of amides is 1. The van der Waals surface area contributed by atoms with Crippen LogP contribution >= 0.6 is 0 Å². The van der Waals surface area contributed by atoms with Gasteiger partial charge in [0.05, 0.1) is 36.6 Å². The van der Waals surface area contributed by atoms with Crippen molar-refractivity contribution in [1.29, 1.82) is 0 Å². The SMILES string of the molecule is CCCc1c(Cc2ccc(-c3ccccc3)c(C3=NNC(=O)C3)c2)c(=O)n(C2COC(C)C2)c2nc(C)nn12. The minimum Gasteiger partial charge on any atom is -0.376 e. The van der Waals surface area contributed by atoms with Crippen LogP contribution in [0.15, 0.2) is 58.4 Å². The second kappa shape index (κ2) is 10.2. The second-order valence-electron chi connectivity index (χ2n) is 10.4. The highest BCUT2D eigenvalue weighted by Gasteiger charge is 2.30. The van der Waals surface area contributed by atoms with Crippen molar-refractivity contribution in [2.45, 2.75) is 65.0 Å². The third-order valence-corrected chi connectivity index (χ3v) is 7.53. The number of ether oxygens (including phenoxy) is 1. The van der Waals surface area contributed by atoms with Crippen LogP contribution in [0.5, 0.6) is 0 Å². The van der Waals surface area contributed by atoms with Gasteiger partial charge in [-0.05, 0) is 49.4 Å². The van der Waals surface area contributed by atoms with Gasteiger partial charge in [-0.2, -0.15) is 15.2 Å². The molecule has 6 rings (SSSR count). The number of hydrazone groups is 1. The fourth-order valence-electron chi connectivity index (χ4n) is 5.73. The zero-order chi connectivity index (χ0) is 27.1. The molecule has 0 bridgehead atoms. The highest BCUT2D eigenvalue weighted by molar-refractivity contribution is 6.16. The number of aromatic nitrogens is 4. The van der Waals surface area contributed by atoms with Crippen LogP contribution in [0.4, 0.5) is 0 Å². The number of hydrogen-bond acceptors (Lipinski definition) is 6. The smallest absolute Gasteiger partial charge is 0.259 e. The standard InChI is InChI=1S/C30H32N6O3/c1-4-8-27-25(29(38)35(22-13-18(2)39-17-22)30-31-19(3)34-36(27)30)15-20-11-12-23(21-9-6-5-7-10-21)24(14-20)26-16-28(37)33-32-26/h5-7,9-12,14,18,22H,4,8,13,15-17H2,1-3H3,(H,33,37). The lowest BCUT2D eigenvalue weighted by Crippen LogP contribution is -2.32. The normalized spacial score (nSPS) is 19.1. The summed E-state index contributed by atoms with van der Waals surface area (Å²) in [6.07, 6.45) is 3.08. The molecular weight excluding hydrogens is 492 g/mol. The topological polar surface area (TPSA) is 103 Å². The summed E-state index contributed by atoms with van der Waals surface area (Å²) in [6.45, 7) is 6.47. The molecular formula is C30H32N6O3. The maximum absolute atomic E-state index is 14.2. The van der Waals surface area contributed by atoms with E-state index in [9.17, 15) is 9.59 Å². The molecule has 0 saturated carbocycles. The molecule has 200 valence electrons. The average molecular weight is 525 g/mol. The monoisotopic (exact) mass is 524 g/mol. The number of aryl methyl sites for hydroxylation is 2. The Kier molecular flexibility index (Phi) is 6.60. The maximum Gasteiger partial charge on any atom is 0.259 e. The fourth-order valence-corrected chi connectivity index (χ4v) is 5.73. The molecule has 2 aliphatic heterocycles. The van der Waals surface area contributed by atoms with Crippen molar-refractivity contribution in [2.75, 3.05) is 6.61 Å². The molecule has 39 heavy (non-hydrogen) atoms. The lowest BCUT2D eigenvalue weighted by molar-refractivity contribution is -0.119. The first-order chi connectivity index (χ1) is 18.9. The summed E-state index contributed by atoms with van der Waals surface area (Å²) in [5.41, 5.74) is 8.77. The minimum atomic E-state index is -0.123. The summed E-state index contributed by atoms with van der Waals surface area (Å²) in [5.74, 6) is 1.09. The molecule has 1 saturated heterocycles. The van der Waals surface area contributed by atoms with E-state index in [1.54, 1.807) is 4.57 Å². The Bertz CT molecular complexity index is 1650. The lowest BCUT2D eigenvalue weighted by Gasteiger charge is -2.19. The Morgan fingerprint density at radius 3 is 2.62 bits per heavy atom. The second-order valence-corrected chi connectivity index (χ2v) is 10.4. The molecule has 9 heteroatoms. The van der Waals surface area contributed by atoms with E-state index in [-0.39, 0.29) is 30.0 Å². The first-order valence-corrected chi connectivity index (χ1v) is 13.6. The van der Waals surface area contributed by atoms with Gasteiger partial charge in [-0.1, -0.05) is 55.8 Å². The molecule has 2 aromatic carbocycles. The highest BCUT2D eigenvalue weighted by Crippen LogP contribution is 2.29. The van der Waals surface area contributed by atoms with Gasteiger partial charge in [0, 0.05) is 17.5 Å². The number of nitrogens with one attached hydrogen (secondary N) is 1. The van der Waals surface area contributed by atoms with Gasteiger partial charge >= 0.3 is 0 Å². The predicted molar refractivity (Wildman–Crippen MR) is 149 cm³/mol. The molecule has 0 radical (unpaired) electrons. The van der Waals surface area contributed by atoms with Crippen LogP contribution in [-0.4, -0.2) is 43.5 Å². The van der Waals surface area contributed by atoms with Crippen molar-refractivity contribution >= 4 is 17.4 Å². The van der Waals surface area contributed by atoms with Crippen LogP contribution in [0.25, 0.3) is 16.9 Å². The van der Waals surface area contributed by atoms with Gasteiger partial charge in [0.1, 0.15) is 5.82 Å². The van der Waals surface area contributed by atoms with Crippen LogP contribution < -0.4 is 11.0 Å². The van der Waals surface area contributed by atoms with Gasteiger partial charge < -0.3 is 4.74 Å². The van der Waals surface area contributed by atoms with Gasteiger partial charge in [-0.3, -0.25) is 14.2 Å². The van der Waals surface area contributed by atoms with Crippen molar-refractivity contribution < 1.29 is 9.53 Å². The average Bonchev–Trinajstić information content (AvgIpc) is 3.66. The largest absolute Gasteiger partial charge is 0.376 e. The minimum absolute atomic E-state index is 0.0372. The molecule has 1 amide bonds. The van der Waals surface area contributed by atoms with Crippen molar-refractivity contribution in [2.24, 2.45) is 5.10 Å². The highest BCUT2D eigenvalue weighted by atomic mass is 16.5. The first kappa shape index (κ1) is 25.2. The summed E-state index contributed by atoms with van der Waals surface area (Å²) in [4.78, 5) is 30.9. The van der Waals surface area contributed by atoms with Gasteiger partial charge in [-0.25, -0.2) is 9.94 Å². The van der Waals surface area contributed by atoms with Gasteiger partial charge in [0.15, 0.2) is 0 Å². The van der Waals surface area contributed by atoms with Crippen molar-refractivity contribution in [3.63, 3.8) is 0 Å². The van der Waals surface area contributed by atoms with Crippen LogP contribution in [-0.2, 0) is 22.4 Å². The van der Waals surface area contributed by atoms with E-state index < -0.39 is 0 Å². The molecule has 2 aromatic heterocycles. The fraction of sp³-hybridized carbons (Fsp3) is 0.367. The summed E-state index contributed by atoms with van der Waals surface area (Å²) < 4.78 is 9.49. The third-order valence-electron chi connectivity index (χ3n) is 7.53. The number of rotatable bonds is 7. The Hall–Kier alpha value is -4.11. The summed E-state index contributed by atoms with van der Waals surface area (Å²) in [6, 6.07) is 16.2. The Labute approximate surface area is 226 Å². The molecule has 2 aliphatic rings. The Morgan fingerprint density at radius 1 is 1.10 bits per heavy atom. The molecule has 2 unspecified atom stereocenters. The summed E-state index contributed by atoms with van der Waals surface area (Å²) in [5, 5.41) is 9.03. The van der Waals surface area contributed by atoms with Crippen LogP contribution in [0.3, 0.4) is 0 Å². The first-order valence-electron chi connectivity index (χ1n) is 13.6. The van der Waals surface area contributed by atoms with Gasteiger partial charge in [-0.15, -0.1) is 0 Å². The quantitative estimate of drug-likeness (QED) is 0.394. The van der Waals surface area contributed by atoms with Gasteiger partial charge in [0.25, 0.3) is 5.56 Å². The van der Waals surface area contributed by atoms with E-state index in [1.165, 1.54) is 0 Å². The van der Waals surface area contributed by atoms with E-state index in [0.717, 1.165) is 46.4 Å². The van der Waals surface area contributed by atoms with Gasteiger partial charge in [0.2, 0.25) is 11.7 Å². The van der Waals surface area contributed by atoms with E-state index in [1.807, 2.05) is 48.7 Å². The molecule has 0 aliphatic carbocycles. The van der Waals surface area contributed by atoms with Crippen molar-refractivity contribution in [1.82, 2.24) is 24.6 Å². The Balaban J connectivity index is 1.50. The number of carbonyl (C=O) groups is 1. The molecule has 4 aromatic rings. The molecule has 1 fully saturated rings. The Morgan fingerprint density at radius 2 is 1.92 bits per heavy atom. The number of fused-ring (bicyclic) bond motifs is 1. The third kappa shape index (κ3) is 4.67. The molecule has 1 N–H and O–H groups in total. The number of carbonyl (C=O) groups excluding carboxylic acids is 1. The zero-order valence-electron chi connectivity index (χ0n) is 22.5. The maximum atomic E-state index is 14.2. The van der Waals surface area contributed by atoms with E-state index in [2.05, 4.69) is 40.6 Å².